The first kappa shape index (κ1) is 16.0. The third kappa shape index (κ3) is 2.66. The first-order chi connectivity index (χ1) is 12.0. The normalized spacial score (nSPS) is 15.2. The van der Waals surface area contributed by atoms with E-state index in [1.54, 1.807) is 10.9 Å². The fraction of sp³-hybridized carbons (Fsp3) is 0.412. The van der Waals surface area contributed by atoms with Gasteiger partial charge in [-0.1, -0.05) is 6.92 Å². The largest absolute Gasteiger partial charge is 0.857 e. The molecule has 130 valence electrons. The van der Waals surface area contributed by atoms with Gasteiger partial charge in [0, 0.05) is 29.8 Å². The molecule has 0 radical (unpaired) electrons. The molecule has 3 aromatic rings. The molecule has 2 N–H and O–H groups in total. The van der Waals surface area contributed by atoms with Crippen LogP contribution in [0.15, 0.2) is 15.7 Å². The summed E-state index contributed by atoms with van der Waals surface area (Å²) in [6, 6.07) is 0.375. The number of nitrogens with two attached hydrogens (primary N) is 1. The van der Waals surface area contributed by atoms with Crippen LogP contribution in [-0.4, -0.2) is 16.2 Å². The molecule has 25 heavy (non-hydrogen) atoms. The summed E-state index contributed by atoms with van der Waals surface area (Å²) in [5.74, 6) is -0.224. The fourth-order valence-corrected chi connectivity index (χ4v) is 4.24. The number of aryl methyl sites for hydroxylation is 2. The van der Waals surface area contributed by atoms with Crippen molar-refractivity contribution < 1.29 is 14.3 Å². The predicted molar refractivity (Wildman–Crippen MR) is 94.1 cm³/mol. The van der Waals surface area contributed by atoms with E-state index in [1.165, 1.54) is 16.9 Å². The van der Waals surface area contributed by atoms with E-state index >= 15 is 0 Å². The maximum atomic E-state index is 12.6. The number of anilines is 1. The van der Waals surface area contributed by atoms with Crippen LogP contribution in [0, 0.1) is 13.8 Å². The number of hydrogen-bond acceptors (Lipinski definition) is 7. The molecule has 0 aromatic carbocycles. The number of rotatable bonds is 4. The number of pyridine rings is 1. The molecule has 1 fully saturated rings. The highest BCUT2D eigenvalue weighted by Gasteiger charge is 2.35. The molecule has 0 saturated heterocycles. The van der Waals surface area contributed by atoms with Gasteiger partial charge in [-0.15, -0.1) is 11.3 Å². The summed E-state index contributed by atoms with van der Waals surface area (Å²) in [6.45, 7) is 6.10. The van der Waals surface area contributed by atoms with E-state index in [4.69, 9.17) is 10.3 Å². The van der Waals surface area contributed by atoms with Crippen LogP contribution in [0.1, 0.15) is 47.5 Å². The van der Waals surface area contributed by atoms with Crippen molar-refractivity contribution in [2.24, 2.45) is 4.99 Å². The monoisotopic (exact) mass is 357 g/mol. The molecule has 1 saturated carbocycles. The summed E-state index contributed by atoms with van der Waals surface area (Å²) in [6.07, 6.45) is 4.69. The van der Waals surface area contributed by atoms with Crippen molar-refractivity contribution in [2.45, 2.75) is 46.1 Å². The molecule has 3 aromatic heterocycles. The Morgan fingerprint density at radius 2 is 2.24 bits per heavy atom. The Kier molecular flexibility index (Phi) is 3.72. The lowest BCUT2D eigenvalue weighted by molar-refractivity contribution is -0.765. The molecule has 0 amide bonds. The number of aliphatic imine (C=N–C) groups is 1. The molecule has 0 aliphatic heterocycles. The summed E-state index contributed by atoms with van der Waals surface area (Å²) in [5.41, 5.74) is 9.96. The second-order valence-electron chi connectivity index (χ2n) is 6.35. The molecule has 8 heteroatoms. The van der Waals surface area contributed by atoms with Gasteiger partial charge in [0.25, 0.3) is 6.20 Å². The van der Waals surface area contributed by atoms with Gasteiger partial charge in [-0.25, -0.2) is 9.98 Å². The van der Waals surface area contributed by atoms with Crippen molar-refractivity contribution in [1.29, 1.82) is 0 Å². The second kappa shape index (κ2) is 5.80. The van der Waals surface area contributed by atoms with Crippen molar-refractivity contribution in [3.8, 4) is 0 Å². The van der Waals surface area contributed by atoms with Gasteiger partial charge in [-0.3, -0.25) is 4.52 Å². The smallest absolute Gasteiger partial charge is 0.320 e. The van der Waals surface area contributed by atoms with Crippen molar-refractivity contribution in [3.63, 3.8) is 0 Å². The zero-order chi connectivity index (χ0) is 17.7. The van der Waals surface area contributed by atoms with Gasteiger partial charge < -0.3 is 10.8 Å². The average Bonchev–Trinajstić information content (AvgIpc) is 3.23. The fourth-order valence-electron chi connectivity index (χ4n) is 3.15. The van der Waals surface area contributed by atoms with Gasteiger partial charge in [-0.2, -0.15) is 0 Å². The molecule has 0 spiro atoms. The van der Waals surface area contributed by atoms with Crippen LogP contribution in [0.3, 0.4) is 0 Å². The van der Waals surface area contributed by atoms with E-state index in [1.807, 2.05) is 13.8 Å². The van der Waals surface area contributed by atoms with Crippen LogP contribution in [-0.2, 0) is 6.42 Å². The van der Waals surface area contributed by atoms with E-state index in [0.717, 1.165) is 40.7 Å². The maximum absolute atomic E-state index is 12.6. The van der Waals surface area contributed by atoms with Crippen molar-refractivity contribution in [3.05, 3.63) is 27.9 Å². The third-order valence-corrected chi connectivity index (χ3v) is 5.70. The lowest BCUT2D eigenvalue weighted by Gasteiger charge is -2.09. The summed E-state index contributed by atoms with van der Waals surface area (Å²) in [4.78, 5) is 9.81. The molecule has 3 heterocycles. The number of fused-ring (bicyclic) bond motifs is 1. The molecular formula is C17H19N5O2S. The molecule has 1 aliphatic carbocycles. The van der Waals surface area contributed by atoms with Crippen LogP contribution >= 0.6 is 11.3 Å². The van der Waals surface area contributed by atoms with E-state index in [2.05, 4.69) is 22.2 Å². The van der Waals surface area contributed by atoms with Crippen LogP contribution in [0.5, 0.6) is 0 Å². The third-order valence-electron chi connectivity index (χ3n) is 4.61. The Hall–Kier alpha value is -2.48. The molecule has 4 rings (SSSR count). The maximum Gasteiger partial charge on any atom is 0.320 e. The first-order valence-corrected chi connectivity index (χ1v) is 9.13. The molecule has 7 nitrogen and oxygen atoms in total. The molecule has 1 aliphatic rings. The van der Waals surface area contributed by atoms with Crippen molar-refractivity contribution in [2.75, 3.05) is 5.73 Å². The van der Waals surface area contributed by atoms with Crippen LogP contribution in [0.2, 0.25) is 0 Å². The highest BCUT2D eigenvalue weighted by Crippen LogP contribution is 2.37. The number of hydrogen-bond donors (Lipinski definition) is 1. The van der Waals surface area contributed by atoms with Crippen LogP contribution in [0.4, 0.5) is 11.6 Å². The van der Waals surface area contributed by atoms with Gasteiger partial charge in [-0.05, 0) is 36.1 Å². The van der Waals surface area contributed by atoms with Gasteiger partial charge in [0.15, 0.2) is 6.04 Å². The van der Waals surface area contributed by atoms with E-state index in [-0.39, 0.29) is 5.88 Å². The number of nitrogens with zero attached hydrogens (tertiary/aromatic N) is 4. The first-order valence-electron chi connectivity index (χ1n) is 8.31. The summed E-state index contributed by atoms with van der Waals surface area (Å²) >= 11 is 1.28. The minimum absolute atomic E-state index is 0.198. The van der Waals surface area contributed by atoms with Crippen molar-refractivity contribution >= 4 is 39.0 Å². The van der Waals surface area contributed by atoms with Crippen molar-refractivity contribution in [1.82, 2.24) is 10.3 Å². The Morgan fingerprint density at radius 1 is 1.48 bits per heavy atom. The van der Waals surface area contributed by atoms with Gasteiger partial charge in [0.05, 0.1) is 10.6 Å². The summed E-state index contributed by atoms with van der Waals surface area (Å²) in [5, 5.41) is 17.3. The molecule has 0 atom stereocenters. The Bertz CT molecular complexity index is 1000. The van der Waals surface area contributed by atoms with Gasteiger partial charge in [0.2, 0.25) is 5.27 Å². The number of aromatic nitrogens is 3. The topological polar surface area (TPSA) is 104 Å². The Balaban J connectivity index is 1.78. The standard InChI is InChI=1S/C17H19N5O2S/c1-4-11-8(2)13-14(18)15(25-17(13)19-9(11)3)16(23)20-12-7-22(21-24-12)10-5-6-10/h7,10H,4-6H2,1-3H3,(H2-,18,20,21,23). The number of thiophene rings is 1. The Morgan fingerprint density at radius 3 is 2.92 bits per heavy atom. The minimum Gasteiger partial charge on any atom is -0.857 e. The zero-order valence-electron chi connectivity index (χ0n) is 14.4. The highest BCUT2D eigenvalue weighted by molar-refractivity contribution is 7.21. The van der Waals surface area contributed by atoms with E-state index < -0.39 is 5.90 Å². The quantitative estimate of drug-likeness (QED) is 0.437. The van der Waals surface area contributed by atoms with Crippen LogP contribution < -0.4 is 15.5 Å². The lowest BCUT2D eigenvalue weighted by atomic mass is 10.0. The summed E-state index contributed by atoms with van der Waals surface area (Å²) < 4.78 is 6.84. The second-order valence-corrected chi connectivity index (χ2v) is 7.35. The molecule has 0 bridgehead atoms. The molecular weight excluding hydrogens is 338 g/mol. The summed E-state index contributed by atoms with van der Waals surface area (Å²) in [7, 11) is 0. The SMILES string of the molecule is CCc1c(C)nc2sc(/C([O-])=N/c3c[n+](C4CC4)no3)c(N)c2c1C. The van der Waals surface area contributed by atoms with E-state index in [0.29, 0.717) is 16.6 Å². The van der Waals surface area contributed by atoms with Gasteiger partial charge >= 0.3 is 5.88 Å². The Labute approximate surface area is 148 Å². The lowest BCUT2D eigenvalue weighted by Crippen LogP contribution is -2.32. The van der Waals surface area contributed by atoms with E-state index in [9.17, 15) is 5.11 Å². The zero-order valence-corrected chi connectivity index (χ0v) is 15.2. The average molecular weight is 357 g/mol. The molecule has 0 unspecified atom stereocenters. The minimum atomic E-state index is -0.422. The highest BCUT2D eigenvalue weighted by atomic mass is 32.1. The predicted octanol–water partition coefficient (Wildman–Crippen LogP) is 2.11. The van der Waals surface area contributed by atoms with Crippen LogP contribution in [0.25, 0.3) is 10.2 Å². The number of nitrogen functional groups attached to an aromatic ring is 1. The van der Waals surface area contributed by atoms with Gasteiger partial charge in [0.1, 0.15) is 4.83 Å².